The number of ether oxygens (including phenoxy) is 2. The number of piperidine rings is 1. The van der Waals surface area contributed by atoms with Crippen LogP contribution in [0.2, 0.25) is 0 Å². The van der Waals surface area contributed by atoms with Crippen molar-refractivity contribution in [2.75, 3.05) is 19.7 Å². The van der Waals surface area contributed by atoms with E-state index in [1.807, 2.05) is 41.4 Å². The highest BCUT2D eigenvalue weighted by atomic mass is 16.5. The first-order chi connectivity index (χ1) is 12.3. The number of carbonyl (C=O) groups is 1. The number of likely N-dealkylation sites (tertiary alicyclic amines) is 1. The van der Waals surface area contributed by atoms with Crippen LogP contribution in [0, 0.1) is 0 Å². The van der Waals surface area contributed by atoms with Gasteiger partial charge in [0.25, 0.3) is 5.91 Å². The van der Waals surface area contributed by atoms with Gasteiger partial charge in [0.1, 0.15) is 5.75 Å². The molecule has 2 aliphatic heterocycles. The van der Waals surface area contributed by atoms with Crippen LogP contribution >= 0.6 is 0 Å². The van der Waals surface area contributed by atoms with E-state index < -0.39 is 0 Å². The van der Waals surface area contributed by atoms with Crippen molar-refractivity contribution in [3.63, 3.8) is 0 Å². The molecule has 0 spiro atoms. The van der Waals surface area contributed by atoms with Gasteiger partial charge in [0, 0.05) is 37.5 Å². The normalized spacial score (nSPS) is 19.4. The summed E-state index contributed by atoms with van der Waals surface area (Å²) in [5.74, 6) is 0.997. The number of aromatic nitrogens is 1. The molecular weight excluding hydrogens is 316 g/mol. The number of hydrogen-bond acceptors (Lipinski definition) is 4. The predicted molar refractivity (Wildman–Crippen MR) is 93.6 cm³/mol. The molecule has 5 nitrogen and oxygen atoms in total. The van der Waals surface area contributed by atoms with E-state index in [-0.39, 0.29) is 12.0 Å². The molecule has 3 heterocycles. The van der Waals surface area contributed by atoms with E-state index in [0.29, 0.717) is 19.8 Å². The molecule has 5 heteroatoms. The summed E-state index contributed by atoms with van der Waals surface area (Å²) in [6.07, 6.45) is 6.49. The Kier molecular flexibility index (Phi) is 4.65. The highest BCUT2D eigenvalue weighted by Gasteiger charge is 2.26. The molecule has 1 amide bonds. The van der Waals surface area contributed by atoms with Crippen molar-refractivity contribution in [2.45, 2.75) is 32.0 Å². The SMILES string of the molecule is O=C(c1ccc2c(c1)CCO2)N1CCCC(OCc2cccnc2)C1. The van der Waals surface area contributed by atoms with Gasteiger partial charge in [-0.25, -0.2) is 0 Å². The Hall–Kier alpha value is -2.40. The monoisotopic (exact) mass is 338 g/mol. The highest BCUT2D eigenvalue weighted by Crippen LogP contribution is 2.27. The smallest absolute Gasteiger partial charge is 0.253 e. The molecule has 0 saturated carbocycles. The van der Waals surface area contributed by atoms with Crippen molar-refractivity contribution in [1.82, 2.24) is 9.88 Å². The zero-order valence-corrected chi connectivity index (χ0v) is 14.2. The van der Waals surface area contributed by atoms with Gasteiger partial charge in [0.15, 0.2) is 0 Å². The summed E-state index contributed by atoms with van der Waals surface area (Å²) in [7, 11) is 0. The minimum absolute atomic E-state index is 0.0793. The summed E-state index contributed by atoms with van der Waals surface area (Å²) in [5.41, 5.74) is 2.94. The first-order valence-electron chi connectivity index (χ1n) is 8.85. The second-order valence-corrected chi connectivity index (χ2v) is 6.61. The van der Waals surface area contributed by atoms with Crippen molar-refractivity contribution in [1.29, 1.82) is 0 Å². The van der Waals surface area contributed by atoms with Gasteiger partial charge in [-0.3, -0.25) is 9.78 Å². The van der Waals surface area contributed by atoms with Crippen LogP contribution in [0.15, 0.2) is 42.7 Å². The Labute approximate surface area is 147 Å². The van der Waals surface area contributed by atoms with Gasteiger partial charge in [0.05, 0.1) is 19.3 Å². The van der Waals surface area contributed by atoms with E-state index in [0.717, 1.165) is 48.2 Å². The summed E-state index contributed by atoms with van der Waals surface area (Å²) in [4.78, 5) is 18.9. The number of rotatable bonds is 4. The van der Waals surface area contributed by atoms with Gasteiger partial charge in [-0.05, 0) is 48.2 Å². The molecule has 0 bridgehead atoms. The number of nitrogens with zero attached hydrogens (tertiary/aromatic N) is 2. The Morgan fingerprint density at radius 2 is 2.32 bits per heavy atom. The van der Waals surface area contributed by atoms with E-state index >= 15 is 0 Å². The molecule has 0 radical (unpaired) electrons. The Morgan fingerprint density at radius 3 is 3.20 bits per heavy atom. The van der Waals surface area contributed by atoms with Crippen molar-refractivity contribution in [3.05, 3.63) is 59.4 Å². The van der Waals surface area contributed by atoms with Crippen LogP contribution in [0.5, 0.6) is 5.75 Å². The highest BCUT2D eigenvalue weighted by molar-refractivity contribution is 5.94. The van der Waals surface area contributed by atoms with Crippen LogP contribution in [-0.4, -0.2) is 41.6 Å². The van der Waals surface area contributed by atoms with Crippen LogP contribution in [0.1, 0.15) is 34.3 Å². The topological polar surface area (TPSA) is 51.7 Å². The summed E-state index contributed by atoms with van der Waals surface area (Å²) < 4.78 is 11.5. The molecule has 0 aliphatic carbocycles. The van der Waals surface area contributed by atoms with E-state index in [1.54, 1.807) is 6.20 Å². The van der Waals surface area contributed by atoms with Gasteiger partial charge in [-0.15, -0.1) is 0 Å². The number of hydrogen-bond donors (Lipinski definition) is 0. The molecule has 130 valence electrons. The molecular formula is C20H22N2O3. The summed E-state index contributed by atoms with van der Waals surface area (Å²) in [6.45, 7) is 2.68. The second kappa shape index (κ2) is 7.23. The fourth-order valence-electron chi connectivity index (χ4n) is 3.46. The average Bonchev–Trinajstić information content (AvgIpc) is 3.14. The molecule has 1 atom stereocenters. The summed E-state index contributed by atoms with van der Waals surface area (Å²) in [6, 6.07) is 9.67. The molecule has 2 aromatic rings. The number of carbonyl (C=O) groups excluding carboxylic acids is 1. The number of amides is 1. The van der Waals surface area contributed by atoms with E-state index in [4.69, 9.17) is 9.47 Å². The minimum atomic E-state index is 0.0793. The lowest BCUT2D eigenvalue weighted by molar-refractivity contribution is -0.00681. The Morgan fingerprint density at radius 1 is 1.36 bits per heavy atom. The molecule has 1 saturated heterocycles. The van der Waals surface area contributed by atoms with Gasteiger partial charge < -0.3 is 14.4 Å². The van der Waals surface area contributed by atoms with Gasteiger partial charge >= 0.3 is 0 Å². The third-order valence-electron chi connectivity index (χ3n) is 4.81. The fraction of sp³-hybridized carbons (Fsp3) is 0.400. The van der Waals surface area contributed by atoms with Crippen molar-refractivity contribution >= 4 is 5.91 Å². The maximum Gasteiger partial charge on any atom is 0.253 e. The minimum Gasteiger partial charge on any atom is -0.493 e. The maximum absolute atomic E-state index is 12.8. The largest absolute Gasteiger partial charge is 0.493 e. The number of pyridine rings is 1. The first kappa shape index (κ1) is 16.1. The van der Waals surface area contributed by atoms with E-state index in [1.165, 1.54) is 0 Å². The van der Waals surface area contributed by atoms with Crippen LogP contribution in [0.25, 0.3) is 0 Å². The summed E-state index contributed by atoms with van der Waals surface area (Å²) in [5, 5.41) is 0. The average molecular weight is 338 g/mol. The Bertz CT molecular complexity index is 748. The lowest BCUT2D eigenvalue weighted by Crippen LogP contribution is -2.43. The number of fused-ring (bicyclic) bond motifs is 1. The lowest BCUT2D eigenvalue weighted by atomic mass is 10.0. The molecule has 1 fully saturated rings. The molecule has 2 aliphatic rings. The predicted octanol–water partition coefficient (Wildman–Crippen LogP) is 2.84. The van der Waals surface area contributed by atoms with E-state index in [2.05, 4.69) is 4.98 Å². The molecule has 4 rings (SSSR count). The zero-order valence-electron chi connectivity index (χ0n) is 14.2. The van der Waals surface area contributed by atoms with Crippen molar-refractivity contribution < 1.29 is 14.3 Å². The van der Waals surface area contributed by atoms with Crippen molar-refractivity contribution in [2.24, 2.45) is 0 Å². The van der Waals surface area contributed by atoms with E-state index in [9.17, 15) is 4.79 Å². The molecule has 1 unspecified atom stereocenters. The maximum atomic E-state index is 12.8. The van der Waals surface area contributed by atoms with Crippen molar-refractivity contribution in [3.8, 4) is 5.75 Å². The molecule has 1 aromatic carbocycles. The summed E-state index contributed by atoms with van der Waals surface area (Å²) >= 11 is 0. The fourth-order valence-corrected chi connectivity index (χ4v) is 3.46. The molecule has 1 aromatic heterocycles. The standard InChI is InChI=1S/C20H22N2O3/c23-20(17-5-6-19-16(11-17)7-10-24-19)22-9-2-4-18(13-22)25-14-15-3-1-8-21-12-15/h1,3,5-6,8,11-12,18H,2,4,7,9-10,13-14H2. The van der Waals surface area contributed by atoms with Crippen LogP contribution < -0.4 is 4.74 Å². The quantitative estimate of drug-likeness (QED) is 0.860. The third kappa shape index (κ3) is 3.66. The van der Waals surface area contributed by atoms with Crippen LogP contribution in [0.4, 0.5) is 0 Å². The zero-order chi connectivity index (χ0) is 17.1. The van der Waals surface area contributed by atoms with Crippen LogP contribution in [-0.2, 0) is 17.8 Å². The van der Waals surface area contributed by atoms with Crippen LogP contribution in [0.3, 0.4) is 0 Å². The number of benzene rings is 1. The molecule has 25 heavy (non-hydrogen) atoms. The first-order valence-corrected chi connectivity index (χ1v) is 8.85. The second-order valence-electron chi connectivity index (χ2n) is 6.61. The lowest BCUT2D eigenvalue weighted by Gasteiger charge is -2.32. The molecule has 0 N–H and O–H groups in total. The third-order valence-corrected chi connectivity index (χ3v) is 4.81. The van der Waals surface area contributed by atoms with Gasteiger partial charge in [0.2, 0.25) is 0 Å². The van der Waals surface area contributed by atoms with Gasteiger partial charge in [-0.2, -0.15) is 0 Å². The van der Waals surface area contributed by atoms with Gasteiger partial charge in [-0.1, -0.05) is 6.07 Å². The Balaban J connectivity index is 1.38.